The zero-order valence-electron chi connectivity index (χ0n) is 20.8. The van der Waals surface area contributed by atoms with Crippen LogP contribution in [0.1, 0.15) is 12.8 Å². The van der Waals surface area contributed by atoms with Gasteiger partial charge in [-0.05, 0) is 62.3 Å². The van der Waals surface area contributed by atoms with Crippen molar-refractivity contribution >= 4 is 22.1 Å². The van der Waals surface area contributed by atoms with Crippen molar-refractivity contribution in [1.82, 2.24) is 40.0 Å². The van der Waals surface area contributed by atoms with Crippen molar-refractivity contribution in [2.75, 3.05) is 26.2 Å². The van der Waals surface area contributed by atoms with Gasteiger partial charge in [0.15, 0.2) is 5.65 Å². The molecule has 0 spiro atoms. The Morgan fingerprint density at radius 2 is 1.79 bits per heavy atom. The molecule has 9 nitrogen and oxygen atoms in total. The van der Waals surface area contributed by atoms with Gasteiger partial charge < -0.3 is 9.72 Å². The average molecular weight is 503 g/mol. The number of ether oxygens (including phenoxy) is 1. The van der Waals surface area contributed by atoms with Crippen LogP contribution in [0.25, 0.3) is 55.8 Å². The number of fused-ring (bicyclic) bond motifs is 2. The summed E-state index contributed by atoms with van der Waals surface area (Å²) in [7, 11) is 0. The fourth-order valence-corrected chi connectivity index (χ4v) is 5.12. The van der Waals surface area contributed by atoms with Gasteiger partial charge in [-0.3, -0.25) is 20.0 Å². The third kappa shape index (κ3) is 4.26. The summed E-state index contributed by atoms with van der Waals surface area (Å²) in [5.41, 5.74) is 6.98. The highest BCUT2D eigenvalue weighted by Crippen LogP contribution is 2.33. The maximum atomic E-state index is 6.02. The maximum absolute atomic E-state index is 6.02. The first-order valence-electron chi connectivity index (χ1n) is 12.9. The summed E-state index contributed by atoms with van der Waals surface area (Å²) in [5.74, 6) is 0.762. The Hall–Kier alpha value is -4.63. The molecule has 0 atom stereocenters. The smallest absolute Gasteiger partial charge is 0.181 e. The fourth-order valence-electron chi connectivity index (χ4n) is 5.12. The van der Waals surface area contributed by atoms with Crippen molar-refractivity contribution in [2.24, 2.45) is 0 Å². The van der Waals surface area contributed by atoms with Crippen molar-refractivity contribution in [2.45, 2.75) is 12.8 Å². The lowest BCUT2D eigenvalue weighted by Gasteiger charge is -2.15. The summed E-state index contributed by atoms with van der Waals surface area (Å²) < 4.78 is 6.02. The van der Waals surface area contributed by atoms with Gasteiger partial charge >= 0.3 is 0 Å². The van der Waals surface area contributed by atoms with Crippen LogP contribution in [-0.4, -0.2) is 66.3 Å². The van der Waals surface area contributed by atoms with Crippen molar-refractivity contribution in [3.63, 3.8) is 0 Å². The molecule has 6 aromatic heterocycles. The number of hydrogen-bond acceptors (Lipinski definition) is 7. The molecule has 0 unspecified atom stereocenters. The molecule has 6 aromatic rings. The predicted molar refractivity (Wildman–Crippen MR) is 147 cm³/mol. The summed E-state index contributed by atoms with van der Waals surface area (Å²) in [5, 5.41) is 9.51. The van der Waals surface area contributed by atoms with Crippen LogP contribution in [0.3, 0.4) is 0 Å². The second-order valence-corrected chi connectivity index (χ2v) is 9.52. The van der Waals surface area contributed by atoms with E-state index in [4.69, 9.17) is 4.74 Å². The molecule has 0 aromatic carbocycles. The van der Waals surface area contributed by atoms with E-state index in [1.54, 1.807) is 18.6 Å². The first kappa shape index (κ1) is 22.6. The minimum absolute atomic E-state index is 0.645. The molecule has 9 heteroatoms. The summed E-state index contributed by atoms with van der Waals surface area (Å²) in [6.07, 6.45) is 11.6. The highest BCUT2D eigenvalue weighted by molar-refractivity contribution is 5.99. The number of rotatable bonds is 7. The molecule has 1 aliphatic heterocycles. The van der Waals surface area contributed by atoms with Gasteiger partial charge in [0.2, 0.25) is 0 Å². The van der Waals surface area contributed by atoms with E-state index in [-0.39, 0.29) is 0 Å². The van der Waals surface area contributed by atoms with E-state index in [0.29, 0.717) is 12.3 Å². The van der Waals surface area contributed by atoms with E-state index in [1.807, 2.05) is 42.7 Å². The minimum atomic E-state index is 0.645. The number of hydrogen-bond donors (Lipinski definition) is 2. The van der Waals surface area contributed by atoms with Crippen LogP contribution in [0.15, 0.2) is 73.4 Å². The maximum Gasteiger partial charge on any atom is 0.181 e. The second-order valence-electron chi connectivity index (χ2n) is 9.52. The number of aromatic amines is 2. The first-order chi connectivity index (χ1) is 18.8. The minimum Gasteiger partial charge on any atom is -0.491 e. The third-order valence-corrected chi connectivity index (χ3v) is 7.07. The molecule has 1 fully saturated rings. The Kier molecular flexibility index (Phi) is 5.75. The third-order valence-electron chi connectivity index (χ3n) is 7.07. The van der Waals surface area contributed by atoms with Gasteiger partial charge in [0.05, 0.1) is 23.3 Å². The van der Waals surface area contributed by atoms with Gasteiger partial charge in [-0.25, -0.2) is 9.97 Å². The highest BCUT2D eigenvalue weighted by Gasteiger charge is 2.16. The van der Waals surface area contributed by atoms with Crippen molar-refractivity contribution < 1.29 is 4.74 Å². The Labute approximate surface area is 219 Å². The van der Waals surface area contributed by atoms with Crippen molar-refractivity contribution in [1.29, 1.82) is 0 Å². The van der Waals surface area contributed by atoms with Crippen LogP contribution < -0.4 is 4.74 Å². The Morgan fingerprint density at radius 1 is 0.868 bits per heavy atom. The summed E-state index contributed by atoms with van der Waals surface area (Å²) >= 11 is 0. The van der Waals surface area contributed by atoms with Crippen LogP contribution in [0.2, 0.25) is 0 Å². The zero-order valence-corrected chi connectivity index (χ0v) is 20.8. The number of pyridine rings is 4. The molecular weight excluding hydrogens is 476 g/mol. The van der Waals surface area contributed by atoms with E-state index in [1.165, 1.54) is 12.8 Å². The molecule has 0 aliphatic carbocycles. The quantitative estimate of drug-likeness (QED) is 0.313. The van der Waals surface area contributed by atoms with Gasteiger partial charge in [-0.15, -0.1) is 0 Å². The molecule has 2 N–H and O–H groups in total. The van der Waals surface area contributed by atoms with E-state index >= 15 is 0 Å². The number of H-pyrrole nitrogens is 2. The van der Waals surface area contributed by atoms with Crippen LogP contribution in [-0.2, 0) is 0 Å². The van der Waals surface area contributed by atoms with Crippen LogP contribution in [0.4, 0.5) is 0 Å². The largest absolute Gasteiger partial charge is 0.491 e. The van der Waals surface area contributed by atoms with E-state index in [0.717, 1.165) is 75.6 Å². The van der Waals surface area contributed by atoms with Crippen molar-refractivity contribution in [3.05, 3.63) is 73.4 Å². The molecular formula is C29H26N8O. The molecule has 0 saturated carbocycles. The molecule has 1 aliphatic rings. The summed E-state index contributed by atoms with van der Waals surface area (Å²) in [4.78, 5) is 24.0. The van der Waals surface area contributed by atoms with Crippen LogP contribution in [0.5, 0.6) is 5.75 Å². The second kappa shape index (κ2) is 9.68. The lowest BCUT2D eigenvalue weighted by molar-refractivity contribution is 0.237. The summed E-state index contributed by atoms with van der Waals surface area (Å²) in [6, 6.07) is 14.1. The highest BCUT2D eigenvalue weighted by atomic mass is 16.5. The molecule has 7 heterocycles. The van der Waals surface area contributed by atoms with E-state index < -0.39 is 0 Å². The first-order valence-corrected chi connectivity index (χ1v) is 12.9. The molecule has 188 valence electrons. The van der Waals surface area contributed by atoms with Gasteiger partial charge in [0.25, 0.3) is 0 Å². The lowest BCUT2D eigenvalue weighted by atomic mass is 10.1. The fraction of sp³-hybridized carbons (Fsp3) is 0.207. The monoisotopic (exact) mass is 502 g/mol. The SMILES string of the molecule is c1ccc(-c2ccnc3[nH]c(-c4[nH]nc5ncc(-c6cncc(OCCN7CCCC7)c6)cc45)cc23)nc1. The zero-order chi connectivity index (χ0) is 25.3. The van der Waals surface area contributed by atoms with Crippen LogP contribution >= 0.6 is 0 Å². The normalized spacial score (nSPS) is 14.0. The van der Waals surface area contributed by atoms with E-state index in [2.05, 4.69) is 52.1 Å². The lowest BCUT2D eigenvalue weighted by Crippen LogP contribution is -2.25. The van der Waals surface area contributed by atoms with Crippen molar-refractivity contribution in [3.8, 4) is 39.5 Å². The predicted octanol–water partition coefficient (Wildman–Crippen LogP) is 5.10. The van der Waals surface area contributed by atoms with Gasteiger partial charge in [0, 0.05) is 58.8 Å². The van der Waals surface area contributed by atoms with E-state index in [9.17, 15) is 0 Å². The molecule has 0 amide bonds. The molecule has 38 heavy (non-hydrogen) atoms. The summed E-state index contributed by atoms with van der Waals surface area (Å²) in [6.45, 7) is 3.93. The van der Waals surface area contributed by atoms with Gasteiger partial charge in [-0.2, -0.15) is 5.10 Å². The Bertz CT molecular complexity index is 1720. The molecule has 7 rings (SSSR count). The Morgan fingerprint density at radius 3 is 2.68 bits per heavy atom. The van der Waals surface area contributed by atoms with Gasteiger partial charge in [0.1, 0.15) is 18.0 Å². The Balaban J connectivity index is 1.20. The number of nitrogens with zero attached hydrogens (tertiary/aromatic N) is 6. The standard InChI is InChI=1S/C29H26N8O/c1-2-7-31-25(5-1)22-6-8-32-28-23(22)15-26(34-28)27-24-14-20(17-33-29(24)36-35-27)19-13-21(18-30-16-19)38-12-11-37-9-3-4-10-37/h1-2,5-8,13-18H,3-4,9-12H2,(H,32,34)(H,33,35,36). The van der Waals surface area contributed by atoms with Gasteiger partial charge in [-0.1, -0.05) is 6.07 Å². The number of nitrogens with one attached hydrogen (secondary N) is 2. The molecule has 0 bridgehead atoms. The number of aromatic nitrogens is 7. The van der Waals surface area contributed by atoms with Crippen LogP contribution in [0, 0.1) is 0 Å². The molecule has 0 radical (unpaired) electrons. The average Bonchev–Trinajstić information content (AvgIpc) is 3.73. The number of likely N-dealkylation sites (tertiary alicyclic amines) is 1. The molecule has 1 saturated heterocycles. The topological polar surface area (TPSA) is 108 Å².